The summed E-state index contributed by atoms with van der Waals surface area (Å²) in [7, 11) is 0.430. The lowest BCUT2D eigenvalue weighted by molar-refractivity contribution is 0.0947. The van der Waals surface area contributed by atoms with E-state index in [9.17, 15) is 4.79 Å². The molecule has 0 saturated heterocycles. The van der Waals surface area contributed by atoms with Crippen LogP contribution in [0.25, 0.3) is 10.9 Å². The Balaban J connectivity index is 1.80. The van der Waals surface area contributed by atoms with Crippen LogP contribution in [0.1, 0.15) is 34.2 Å². The molecular formula is C24H24ClN4O2P. The van der Waals surface area contributed by atoms with E-state index in [0.29, 0.717) is 17.3 Å². The Kier molecular flexibility index (Phi) is 6.85. The third kappa shape index (κ3) is 4.68. The summed E-state index contributed by atoms with van der Waals surface area (Å²) in [5.74, 6) is -0.223. The highest BCUT2D eigenvalue weighted by Crippen LogP contribution is 2.39. The van der Waals surface area contributed by atoms with Gasteiger partial charge in [0.05, 0.1) is 20.4 Å². The molecule has 2 N–H and O–H groups in total. The molecule has 0 aliphatic rings. The van der Waals surface area contributed by atoms with Crippen LogP contribution in [0.15, 0.2) is 55.0 Å². The summed E-state index contributed by atoms with van der Waals surface area (Å²) >= 11 is 6.33. The zero-order valence-electron chi connectivity index (χ0n) is 18.1. The maximum Gasteiger partial charge on any atom is 0.268 e. The fourth-order valence-corrected chi connectivity index (χ4v) is 5.89. The molecule has 1 unspecified atom stereocenters. The van der Waals surface area contributed by atoms with E-state index in [1.165, 1.54) is 11.9 Å². The van der Waals surface area contributed by atoms with Gasteiger partial charge in [0.25, 0.3) is 5.91 Å². The van der Waals surface area contributed by atoms with Gasteiger partial charge in [-0.3, -0.25) is 4.79 Å². The number of aromatic amines is 1. The molecule has 0 spiro atoms. The first kappa shape index (κ1) is 22.4. The maximum absolute atomic E-state index is 13.3. The summed E-state index contributed by atoms with van der Waals surface area (Å²) < 4.78 is 6.04. The summed E-state index contributed by atoms with van der Waals surface area (Å²) in [5.41, 5.74) is 4.44. The predicted octanol–water partition coefficient (Wildman–Crippen LogP) is 4.41. The van der Waals surface area contributed by atoms with E-state index in [4.69, 9.17) is 16.1 Å². The number of halogens is 1. The molecule has 1 amide bonds. The van der Waals surface area contributed by atoms with Crippen molar-refractivity contribution in [2.45, 2.75) is 26.8 Å². The number of fused-ring (bicyclic) bond motifs is 1. The summed E-state index contributed by atoms with van der Waals surface area (Å²) in [6.07, 6.45) is 4.04. The van der Waals surface area contributed by atoms with Gasteiger partial charge in [-0.2, -0.15) is 0 Å². The number of nitrogens with one attached hydrogen (secondary N) is 2. The van der Waals surface area contributed by atoms with Crippen molar-refractivity contribution >= 4 is 47.2 Å². The molecule has 1 atom stereocenters. The molecule has 32 heavy (non-hydrogen) atoms. The fourth-order valence-electron chi connectivity index (χ4n) is 3.69. The van der Waals surface area contributed by atoms with Gasteiger partial charge in [-0.25, -0.2) is 9.97 Å². The number of H-pyrrole nitrogens is 1. The molecule has 8 heteroatoms. The minimum absolute atomic E-state index is 0.223. The number of aryl methyl sites for hydroxylation is 2. The van der Waals surface area contributed by atoms with Crippen molar-refractivity contribution in [3.8, 4) is 0 Å². The first-order valence-corrected chi connectivity index (χ1v) is 11.9. The van der Waals surface area contributed by atoms with E-state index in [1.54, 1.807) is 19.4 Å². The molecule has 0 aliphatic heterocycles. The van der Waals surface area contributed by atoms with Gasteiger partial charge in [-0.15, -0.1) is 0 Å². The van der Waals surface area contributed by atoms with Crippen LogP contribution in [0.3, 0.4) is 0 Å². The molecule has 0 aliphatic carbocycles. The SMILES string of the molecule is CCc1cc(C)cc(P(OC)c2c(C(=O)NCc3ccncn3)[nH]c3ccc(Cl)cc23)c1. The monoisotopic (exact) mass is 466 g/mol. The molecule has 2 aromatic carbocycles. The zero-order chi connectivity index (χ0) is 22.7. The van der Waals surface area contributed by atoms with Gasteiger partial charge >= 0.3 is 0 Å². The van der Waals surface area contributed by atoms with Crippen molar-refractivity contribution in [3.05, 3.63) is 82.5 Å². The topological polar surface area (TPSA) is 79.9 Å². The van der Waals surface area contributed by atoms with Crippen LogP contribution < -0.4 is 15.9 Å². The highest BCUT2D eigenvalue weighted by Gasteiger charge is 2.27. The summed E-state index contributed by atoms with van der Waals surface area (Å²) in [5, 5.41) is 6.34. The molecule has 0 fully saturated rings. The molecule has 164 valence electrons. The van der Waals surface area contributed by atoms with Crippen LogP contribution in [0.5, 0.6) is 0 Å². The van der Waals surface area contributed by atoms with Gasteiger partial charge in [0.2, 0.25) is 0 Å². The van der Waals surface area contributed by atoms with Crippen molar-refractivity contribution < 1.29 is 9.32 Å². The second kappa shape index (κ2) is 9.78. The Morgan fingerprint density at radius 2 is 2.06 bits per heavy atom. The summed E-state index contributed by atoms with van der Waals surface area (Å²) in [6, 6.07) is 13.8. The van der Waals surface area contributed by atoms with E-state index in [2.05, 4.69) is 52.3 Å². The fraction of sp³-hybridized carbons (Fsp3) is 0.208. The number of hydrogen-bond acceptors (Lipinski definition) is 4. The number of aromatic nitrogens is 3. The van der Waals surface area contributed by atoms with E-state index in [1.807, 2.05) is 18.2 Å². The molecule has 2 aromatic heterocycles. The molecule has 0 saturated carbocycles. The van der Waals surface area contributed by atoms with Crippen LogP contribution in [0.4, 0.5) is 0 Å². The number of rotatable bonds is 7. The quantitative estimate of drug-likeness (QED) is 0.395. The average Bonchev–Trinajstić information content (AvgIpc) is 3.17. The Hall–Kier alpha value is -2.79. The smallest absolute Gasteiger partial charge is 0.268 e. The van der Waals surface area contributed by atoms with Crippen molar-refractivity contribution in [2.75, 3.05) is 7.11 Å². The van der Waals surface area contributed by atoms with Gasteiger partial charge in [0, 0.05) is 39.8 Å². The van der Waals surface area contributed by atoms with Crippen molar-refractivity contribution in [1.82, 2.24) is 20.3 Å². The third-order valence-electron chi connectivity index (χ3n) is 5.18. The largest absolute Gasteiger partial charge is 0.353 e. The first-order chi connectivity index (χ1) is 15.5. The molecule has 4 aromatic rings. The highest BCUT2D eigenvalue weighted by atomic mass is 35.5. The first-order valence-electron chi connectivity index (χ1n) is 10.3. The Labute approximate surface area is 193 Å². The lowest BCUT2D eigenvalue weighted by Crippen LogP contribution is -2.29. The highest BCUT2D eigenvalue weighted by molar-refractivity contribution is 7.69. The van der Waals surface area contributed by atoms with Crippen molar-refractivity contribution in [1.29, 1.82) is 0 Å². The van der Waals surface area contributed by atoms with E-state index >= 15 is 0 Å². The van der Waals surface area contributed by atoms with Gasteiger partial charge in [0.1, 0.15) is 12.0 Å². The zero-order valence-corrected chi connectivity index (χ0v) is 19.8. The van der Waals surface area contributed by atoms with E-state index < -0.39 is 8.15 Å². The van der Waals surface area contributed by atoms with Gasteiger partial charge in [-0.1, -0.05) is 30.2 Å². The lowest BCUT2D eigenvalue weighted by atomic mass is 10.1. The summed E-state index contributed by atoms with van der Waals surface area (Å²) in [6.45, 7) is 4.50. The van der Waals surface area contributed by atoms with Crippen LogP contribution >= 0.6 is 19.7 Å². The Bertz CT molecular complexity index is 1260. The van der Waals surface area contributed by atoms with E-state index in [0.717, 1.165) is 39.2 Å². The molecule has 0 radical (unpaired) electrons. The molecular weight excluding hydrogens is 443 g/mol. The lowest BCUT2D eigenvalue weighted by Gasteiger charge is -2.19. The van der Waals surface area contributed by atoms with Crippen LogP contribution in [0.2, 0.25) is 5.02 Å². The predicted molar refractivity (Wildman–Crippen MR) is 130 cm³/mol. The average molecular weight is 467 g/mol. The second-order valence-electron chi connectivity index (χ2n) is 7.43. The van der Waals surface area contributed by atoms with Crippen LogP contribution in [-0.2, 0) is 17.5 Å². The number of amides is 1. The Morgan fingerprint density at radius 3 is 2.78 bits per heavy atom. The number of carbonyl (C=O) groups excluding carboxylic acids is 1. The standard InChI is InChI=1S/C24H24ClN4O2P/c1-4-16-9-15(2)10-19(11-16)32(31-3)23-20-12-17(25)5-6-21(20)29-22(23)24(30)27-13-18-7-8-26-14-28-18/h5-12,14,29H,4,13H2,1-3H3,(H,27,30). The van der Waals surface area contributed by atoms with Gasteiger partial charge < -0.3 is 14.8 Å². The third-order valence-corrected chi connectivity index (χ3v) is 7.38. The number of carbonyl (C=O) groups is 1. The van der Waals surface area contributed by atoms with Crippen molar-refractivity contribution in [3.63, 3.8) is 0 Å². The molecule has 2 heterocycles. The molecule has 4 rings (SSSR count). The minimum Gasteiger partial charge on any atom is -0.353 e. The number of benzene rings is 2. The minimum atomic E-state index is -1.26. The summed E-state index contributed by atoms with van der Waals surface area (Å²) in [4.78, 5) is 24.6. The molecule has 0 bridgehead atoms. The van der Waals surface area contributed by atoms with Crippen LogP contribution in [-0.4, -0.2) is 28.0 Å². The van der Waals surface area contributed by atoms with Crippen molar-refractivity contribution in [2.24, 2.45) is 0 Å². The molecule has 6 nitrogen and oxygen atoms in total. The van der Waals surface area contributed by atoms with E-state index in [-0.39, 0.29) is 5.91 Å². The van der Waals surface area contributed by atoms with Crippen LogP contribution in [0, 0.1) is 6.92 Å². The maximum atomic E-state index is 13.3. The van der Waals surface area contributed by atoms with Gasteiger partial charge in [0.15, 0.2) is 0 Å². The normalized spacial score (nSPS) is 12.1. The second-order valence-corrected chi connectivity index (χ2v) is 9.78. The number of nitrogens with zero attached hydrogens (tertiary/aromatic N) is 2. The van der Waals surface area contributed by atoms with Gasteiger partial charge in [-0.05, 0) is 55.3 Å². The Morgan fingerprint density at radius 1 is 1.22 bits per heavy atom. The number of hydrogen-bond donors (Lipinski definition) is 2.